The lowest BCUT2D eigenvalue weighted by Crippen LogP contribution is -2.06. The summed E-state index contributed by atoms with van der Waals surface area (Å²) in [6, 6.07) is 16.4. The Morgan fingerprint density at radius 1 is 1.05 bits per heavy atom. The SMILES string of the molecule is Cc1ccc(OC2c3ccccc3-n3cncc32)cc1. The molecule has 0 saturated carbocycles. The molecule has 1 unspecified atom stereocenters. The average molecular weight is 262 g/mol. The van der Waals surface area contributed by atoms with Crippen LogP contribution < -0.4 is 4.74 Å². The summed E-state index contributed by atoms with van der Waals surface area (Å²) in [6.07, 6.45) is 3.63. The number of imidazole rings is 1. The number of aromatic nitrogens is 2. The van der Waals surface area contributed by atoms with Crippen molar-refractivity contribution in [3.63, 3.8) is 0 Å². The molecule has 0 bridgehead atoms. The molecule has 0 aliphatic carbocycles. The summed E-state index contributed by atoms with van der Waals surface area (Å²) in [5.41, 5.74) is 4.64. The number of ether oxygens (including phenoxy) is 1. The molecular formula is C17H14N2O. The molecule has 20 heavy (non-hydrogen) atoms. The number of hydrogen-bond donors (Lipinski definition) is 0. The quantitative estimate of drug-likeness (QED) is 0.704. The minimum absolute atomic E-state index is 0.0867. The van der Waals surface area contributed by atoms with Crippen molar-refractivity contribution < 1.29 is 4.74 Å². The normalized spacial score (nSPS) is 15.8. The van der Waals surface area contributed by atoms with Crippen LogP contribution >= 0.6 is 0 Å². The van der Waals surface area contributed by atoms with Gasteiger partial charge in [-0.15, -0.1) is 0 Å². The lowest BCUT2D eigenvalue weighted by Gasteiger charge is -2.14. The van der Waals surface area contributed by atoms with Crippen LogP contribution in [-0.2, 0) is 0 Å². The molecular weight excluding hydrogens is 248 g/mol. The van der Waals surface area contributed by atoms with Gasteiger partial charge in [-0.25, -0.2) is 4.98 Å². The van der Waals surface area contributed by atoms with Crippen molar-refractivity contribution in [3.8, 4) is 11.4 Å². The summed E-state index contributed by atoms with van der Waals surface area (Å²) >= 11 is 0. The number of rotatable bonds is 2. The molecule has 0 fully saturated rings. The molecule has 0 spiro atoms. The monoisotopic (exact) mass is 262 g/mol. The molecule has 4 rings (SSSR count). The molecule has 1 aliphatic rings. The zero-order chi connectivity index (χ0) is 13.5. The Kier molecular flexibility index (Phi) is 2.39. The van der Waals surface area contributed by atoms with Gasteiger partial charge in [-0.1, -0.05) is 35.9 Å². The van der Waals surface area contributed by atoms with Gasteiger partial charge < -0.3 is 4.74 Å². The maximum absolute atomic E-state index is 6.18. The summed E-state index contributed by atoms with van der Waals surface area (Å²) in [7, 11) is 0. The fourth-order valence-electron chi connectivity index (χ4n) is 2.67. The van der Waals surface area contributed by atoms with E-state index >= 15 is 0 Å². The predicted octanol–water partition coefficient (Wildman–Crippen LogP) is 3.66. The van der Waals surface area contributed by atoms with Crippen molar-refractivity contribution in [2.45, 2.75) is 13.0 Å². The third kappa shape index (κ3) is 1.63. The van der Waals surface area contributed by atoms with Gasteiger partial charge in [0, 0.05) is 5.56 Å². The Morgan fingerprint density at radius 3 is 2.70 bits per heavy atom. The third-order valence-electron chi connectivity index (χ3n) is 3.69. The molecule has 3 nitrogen and oxygen atoms in total. The van der Waals surface area contributed by atoms with Crippen molar-refractivity contribution in [2.75, 3.05) is 0 Å². The number of nitrogens with zero attached hydrogens (tertiary/aromatic N) is 2. The lowest BCUT2D eigenvalue weighted by atomic mass is 10.1. The maximum Gasteiger partial charge on any atom is 0.168 e. The highest BCUT2D eigenvalue weighted by atomic mass is 16.5. The van der Waals surface area contributed by atoms with Gasteiger partial charge in [-0.05, 0) is 25.1 Å². The first-order valence-corrected chi connectivity index (χ1v) is 6.68. The molecule has 3 heteroatoms. The first-order valence-electron chi connectivity index (χ1n) is 6.68. The maximum atomic E-state index is 6.18. The minimum atomic E-state index is -0.0867. The first-order chi connectivity index (χ1) is 9.83. The second-order valence-electron chi connectivity index (χ2n) is 5.06. The van der Waals surface area contributed by atoms with Gasteiger partial charge >= 0.3 is 0 Å². The van der Waals surface area contributed by atoms with Crippen LogP contribution in [0.4, 0.5) is 0 Å². The highest BCUT2D eigenvalue weighted by molar-refractivity contribution is 5.52. The summed E-state index contributed by atoms with van der Waals surface area (Å²) in [4.78, 5) is 4.23. The van der Waals surface area contributed by atoms with E-state index in [4.69, 9.17) is 4.74 Å². The zero-order valence-electron chi connectivity index (χ0n) is 11.2. The average Bonchev–Trinajstić information content (AvgIpc) is 3.05. The van der Waals surface area contributed by atoms with Crippen molar-refractivity contribution in [2.24, 2.45) is 0 Å². The van der Waals surface area contributed by atoms with Gasteiger partial charge in [0.05, 0.1) is 23.9 Å². The largest absolute Gasteiger partial charge is 0.479 e. The van der Waals surface area contributed by atoms with Crippen LogP contribution in [0.15, 0.2) is 61.1 Å². The molecule has 2 heterocycles. The van der Waals surface area contributed by atoms with E-state index in [1.165, 1.54) is 11.1 Å². The topological polar surface area (TPSA) is 27.1 Å². The van der Waals surface area contributed by atoms with E-state index in [0.717, 1.165) is 17.1 Å². The molecule has 0 radical (unpaired) electrons. The first kappa shape index (κ1) is 11.3. The molecule has 2 aromatic carbocycles. The lowest BCUT2D eigenvalue weighted by molar-refractivity contribution is 0.248. The van der Waals surface area contributed by atoms with Gasteiger partial charge in [0.1, 0.15) is 5.75 Å². The Hall–Kier alpha value is -2.55. The number of benzene rings is 2. The number of aryl methyl sites for hydroxylation is 1. The van der Waals surface area contributed by atoms with E-state index in [9.17, 15) is 0 Å². The Bertz CT molecular complexity index is 759. The molecule has 3 aromatic rings. The van der Waals surface area contributed by atoms with Gasteiger partial charge in [-0.3, -0.25) is 4.57 Å². The molecule has 0 saturated heterocycles. The third-order valence-corrected chi connectivity index (χ3v) is 3.69. The predicted molar refractivity (Wildman–Crippen MR) is 77.2 cm³/mol. The molecule has 0 N–H and O–H groups in total. The second-order valence-corrected chi connectivity index (χ2v) is 5.06. The summed E-state index contributed by atoms with van der Waals surface area (Å²) < 4.78 is 8.27. The fourth-order valence-corrected chi connectivity index (χ4v) is 2.67. The summed E-state index contributed by atoms with van der Waals surface area (Å²) in [5, 5.41) is 0. The van der Waals surface area contributed by atoms with Crippen LogP contribution in [0, 0.1) is 6.92 Å². The molecule has 0 amide bonds. The Balaban J connectivity index is 1.77. The van der Waals surface area contributed by atoms with Crippen LogP contribution in [0.5, 0.6) is 5.75 Å². The minimum Gasteiger partial charge on any atom is -0.479 e. The van der Waals surface area contributed by atoms with Crippen LogP contribution in [0.3, 0.4) is 0 Å². The van der Waals surface area contributed by atoms with Crippen molar-refractivity contribution in [3.05, 3.63) is 77.9 Å². The smallest absolute Gasteiger partial charge is 0.168 e. The molecule has 1 aromatic heterocycles. The van der Waals surface area contributed by atoms with Gasteiger partial charge in [0.25, 0.3) is 0 Å². The van der Waals surface area contributed by atoms with Crippen LogP contribution in [0.25, 0.3) is 5.69 Å². The van der Waals surface area contributed by atoms with Crippen molar-refractivity contribution >= 4 is 0 Å². The standard InChI is InChI=1S/C17H14N2O/c1-12-6-8-13(9-7-12)20-17-14-4-2-3-5-15(14)19-11-18-10-16(17)19/h2-11,17H,1H3. The van der Waals surface area contributed by atoms with E-state index in [1.54, 1.807) is 0 Å². The van der Waals surface area contributed by atoms with Crippen molar-refractivity contribution in [1.29, 1.82) is 0 Å². The van der Waals surface area contributed by atoms with E-state index < -0.39 is 0 Å². The van der Waals surface area contributed by atoms with E-state index in [0.29, 0.717) is 0 Å². The van der Waals surface area contributed by atoms with Gasteiger partial charge in [0.15, 0.2) is 6.10 Å². The van der Waals surface area contributed by atoms with Crippen LogP contribution in [0.1, 0.15) is 22.9 Å². The van der Waals surface area contributed by atoms with E-state index in [2.05, 4.69) is 40.7 Å². The van der Waals surface area contributed by atoms with Crippen LogP contribution in [0.2, 0.25) is 0 Å². The van der Waals surface area contributed by atoms with Gasteiger partial charge in [-0.2, -0.15) is 0 Å². The number of hydrogen-bond acceptors (Lipinski definition) is 2. The van der Waals surface area contributed by atoms with Crippen LogP contribution in [-0.4, -0.2) is 9.55 Å². The number of para-hydroxylation sites is 1. The molecule has 1 aliphatic heterocycles. The Morgan fingerprint density at radius 2 is 1.85 bits per heavy atom. The summed E-state index contributed by atoms with van der Waals surface area (Å²) in [6.45, 7) is 2.07. The second kappa shape index (κ2) is 4.23. The summed E-state index contributed by atoms with van der Waals surface area (Å²) in [5.74, 6) is 0.880. The number of fused-ring (bicyclic) bond motifs is 3. The van der Waals surface area contributed by atoms with E-state index in [1.807, 2.05) is 36.8 Å². The van der Waals surface area contributed by atoms with E-state index in [-0.39, 0.29) is 6.10 Å². The zero-order valence-corrected chi connectivity index (χ0v) is 11.2. The highest BCUT2D eigenvalue weighted by Gasteiger charge is 2.30. The Labute approximate surface area is 117 Å². The van der Waals surface area contributed by atoms with Gasteiger partial charge in [0.2, 0.25) is 0 Å². The molecule has 98 valence electrons. The highest BCUT2D eigenvalue weighted by Crippen LogP contribution is 2.38. The fraction of sp³-hybridized carbons (Fsp3) is 0.118. The molecule has 1 atom stereocenters. The van der Waals surface area contributed by atoms with Crippen molar-refractivity contribution in [1.82, 2.24) is 9.55 Å².